The summed E-state index contributed by atoms with van der Waals surface area (Å²) >= 11 is 12.0. The highest BCUT2D eigenvalue weighted by atomic mass is 35.5. The average Bonchev–Trinajstić information content (AvgIpc) is 2.57. The van der Waals surface area contributed by atoms with Crippen LogP contribution < -0.4 is 10.2 Å². The van der Waals surface area contributed by atoms with E-state index in [-0.39, 0.29) is 5.71 Å². The van der Waals surface area contributed by atoms with Crippen LogP contribution in [0.2, 0.25) is 10.0 Å². The van der Waals surface area contributed by atoms with Crippen molar-refractivity contribution in [3.63, 3.8) is 0 Å². The number of carbonyl (C=O) groups is 1. The van der Waals surface area contributed by atoms with Crippen molar-refractivity contribution >= 4 is 40.4 Å². The van der Waals surface area contributed by atoms with Crippen molar-refractivity contribution in [2.24, 2.45) is 5.10 Å². The van der Waals surface area contributed by atoms with Gasteiger partial charge in [0.1, 0.15) is 11.8 Å². The van der Waals surface area contributed by atoms with E-state index in [0.29, 0.717) is 27.0 Å². The van der Waals surface area contributed by atoms with E-state index in [1.54, 1.807) is 48.5 Å². The summed E-state index contributed by atoms with van der Waals surface area (Å²) in [6.45, 7) is 0. The highest BCUT2D eigenvalue weighted by Crippen LogP contribution is 2.29. The monoisotopic (exact) mass is 347 g/mol. The number of anilines is 1. The number of nitrogens with zero attached hydrogens (tertiary/aromatic N) is 2. The molecule has 7 heteroatoms. The molecule has 0 aliphatic carbocycles. The van der Waals surface area contributed by atoms with Crippen LogP contribution in [-0.2, 0) is 0 Å². The second-order valence-corrected chi connectivity index (χ2v) is 5.15. The summed E-state index contributed by atoms with van der Waals surface area (Å²) in [4.78, 5) is 12.3. The second-order valence-electron chi connectivity index (χ2n) is 4.34. The maximum absolute atomic E-state index is 12.3. The van der Waals surface area contributed by atoms with Gasteiger partial charge >= 0.3 is 0 Å². The van der Waals surface area contributed by atoms with Crippen LogP contribution in [0, 0.1) is 11.3 Å². The summed E-state index contributed by atoms with van der Waals surface area (Å²) < 4.78 is 5.02. The van der Waals surface area contributed by atoms with Gasteiger partial charge in [-0.15, -0.1) is 0 Å². The van der Waals surface area contributed by atoms with E-state index < -0.39 is 5.78 Å². The Morgan fingerprint density at radius 1 is 1.17 bits per heavy atom. The summed E-state index contributed by atoms with van der Waals surface area (Å²) in [6.07, 6.45) is 0. The van der Waals surface area contributed by atoms with E-state index in [2.05, 4.69) is 10.5 Å². The zero-order valence-corrected chi connectivity index (χ0v) is 13.5. The van der Waals surface area contributed by atoms with Gasteiger partial charge in [0.15, 0.2) is 0 Å². The van der Waals surface area contributed by atoms with Gasteiger partial charge in [0.2, 0.25) is 11.5 Å². The van der Waals surface area contributed by atoms with Gasteiger partial charge in [-0.2, -0.15) is 10.4 Å². The van der Waals surface area contributed by atoms with Crippen LogP contribution in [0.1, 0.15) is 10.4 Å². The summed E-state index contributed by atoms with van der Waals surface area (Å²) in [6, 6.07) is 13.0. The van der Waals surface area contributed by atoms with Crippen molar-refractivity contribution in [3.8, 4) is 11.8 Å². The molecule has 0 saturated carbocycles. The molecule has 0 bridgehead atoms. The molecule has 0 spiro atoms. The first-order valence-corrected chi connectivity index (χ1v) is 7.19. The van der Waals surface area contributed by atoms with E-state index in [1.165, 1.54) is 7.11 Å². The van der Waals surface area contributed by atoms with Gasteiger partial charge in [-0.3, -0.25) is 10.2 Å². The number of benzene rings is 2. The van der Waals surface area contributed by atoms with Gasteiger partial charge in [-0.25, -0.2) is 0 Å². The number of ketones is 1. The Labute approximate surface area is 143 Å². The maximum atomic E-state index is 12.3. The summed E-state index contributed by atoms with van der Waals surface area (Å²) in [5, 5.41) is 13.6. The number of hydrazone groups is 1. The first-order chi connectivity index (χ1) is 11.1. The van der Waals surface area contributed by atoms with Crippen LogP contribution in [0.3, 0.4) is 0 Å². The van der Waals surface area contributed by atoms with Crippen molar-refractivity contribution in [1.29, 1.82) is 5.26 Å². The fraction of sp³-hybridized carbons (Fsp3) is 0.0625. The number of nitriles is 1. The average molecular weight is 348 g/mol. The van der Waals surface area contributed by atoms with E-state index >= 15 is 0 Å². The Bertz CT molecular complexity index is 776. The zero-order valence-electron chi connectivity index (χ0n) is 12.0. The first-order valence-electron chi connectivity index (χ1n) is 6.43. The number of halogens is 2. The highest BCUT2D eigenvalue weighted by molar-refractivity contribution is 6.51. The highest BCUT2D eigenvalue weighted by Gasteiger charge is 2.15. The molecule has 0 unspecified atom stereocenters. The fourth-order valence-electron chi connectivity index (χ4n) is 1.72. The number of nitrogens with one attached hydrogen (secondary N) is 1. The van der Waals surface area contributed by atoms with E-state index in [9.17, 15) is 4.79 Å². The van der Waals surface area contributed by atoms with Crippen molar-refractivity contribution in [2.45, 2.75) is 0 Å². The molecule has 0 heterocycles. The zero-order chi connectivity index (χ0) is 16.8. The number of ether oxygens (including phenoxy) is 1. The molecular formula is C16H11Cl2N3O2. The van der Waals surface area contributed by atoms with Gasteiger partial charge < -0.3 is 4.74 Å². The van der Waals surface area contributed by atoms with E-state index in [4.69, 9.17) is 33.2 Å². The fourth-order valence-corrected chi connectivity index (χ4v) is 2.20. The first kappa shape index (κ1) is 16.8. The third-order valence-corrected chi connectivity index (χ3v) is 3.55. The molecule has 2 aromatic rings. The van der Waals surface area contributed by atoms with Crippen molar-refractivity contribution in [1.82, 2.24) is 0 Å². The van der Waals surface area contributed by atoms with Gasteiger partial charge in [-0.05, 0) is 36.4 Å². The normalized spacial score (nSPS) is 10.8. The van der Waals surface area contributed by atoms with Gasteiger partial charge in [0.05, 0.1) is 22.8 Å². The number of rotatable bonds is 5. The third-order valence-electron chi connectivity index (χ3n) is 2.92. The molecule has 5 nitrogen and oxygen atoms in total. The molecule has 0 aliphatic rings. The van der Waals surface area contributed by atoms with Gasteiger partial charge in [0, 0.05) is 5.56 Å². The quantitative estimate of drug-likeness (QED) is 0.500. The maximum Gasteiger partial charge on any atom is 0.223 e. The molecular weight excluding hydrogens is 337 g/mol. The van der Waals surface area contributed by atoms with Crippen molar-refractivity contribution < 1.29 is 9.53 Å². The van der Waals surface area contributed by atoms with Crippen LogP contribution in [0.15, 0.2) is 47.6 Å². The van der Waals surface area contributed by atoms with Crippen molar-refractivity contribution in [3.05, 3.63) is 58.1 Å². The molecule has 1 N–H and O–H groups in total. The minimum absolute atomic E-state index is 0.314. The number of hydrogen-bond donors (Lipinski definition) is 1. The summed E-state index contributed by atoms with van der Waals surface area (Å²) in [7, 11) is 1.52. The lowest BCUT2D eigenvalue weighted by Gasteiger charge is -2.06. The summed E-state index contributed by atoms with van der Waals surface area (Å²) in [5.41, 5.74) is 2.89. The molecule has 0 amide bonds. The Balaban J connectivity index is 2.24. The number of Topliss-reactive ketones (excluding diaryl/α,β-unsaturated/α-hetero) is 1. The molecule has 23 heavy (non-hydrogen) atoms. The van der Waals surface area contributed by atoms with Crippen LogP contribution in [0.4, 0.5) is 5.69 Å². The van der Waals surface area contributed by atoms with Gasteiger partial charge in [0.25, 0.3) is 0 Å². The third kappa shape index (κ3) is 4.01. The molecule has 0 radical (unpaired) electrons. The Hall–Kier alpha value is -2.55. The number of carbonyl (C=O) groups excluding carboxylic acids is 1. The smallest absolute Gasteiger partial charge is 0.223 e. The lowest BCUT2D eigenvalue weighted by atomic mass is 10.1. The Morgan fingerprint density at radius 2 is 1.78 bits per heavy atom. The van der Waals surface area contributed by atoms with Gasteiger partial charge in [-0.1, -0.05) is 29.3 Å². The molecule has 0 aromatic heterocycles. The number of hydrogen-bond acceptors (Lipinski definition) is 5. The molecule has 0 saturated heterocycles. The molecule has 2 aromatic carbocycles. The topological polar surface area (TPSA) is 74.5 Å². The van der Waals surface area contributed by atoms with E-state index in [0.717, 1.165) is 0 Å². The van der Waals surface area contributed by atoms with Crippen LogP contribution in [0.25, 0.3) is 0 Å². The minimum atomic E-state index is -0.522. The minimum Gasteiger partial charge on any atom is -0.497 e. The van der Waals surface area contributed by atoms with Crippen molar-refractivity contribution in [2.75, 3.05) is 12.5 Å². The Kier molecular flexibility index (Phi) is 5.58. The van der Waals surface area contributed by atoms with Crippen LogP contribution >= 0.6 is 23.2 Å². The number of para-hydroxylation sites is 1. The van der Waals surface area contributed by atoms with E-state index in [1.807, 2.05) is 0 Å². The number of methoxy groups -OCH3 is 1. The lowest BCUT2D eigenvalue weighted by Crippen LogP contribution is -2.14. The molecule has 2 rings (SSSR count). The summed E-state index contributed by atoms with van der Waals surface area (Å²) in [5.74, 6) is 0.0869. The second kappa shape index (κ2) is 7.63. The Morgan fingerprint density at radius 3 is 2.30 bits per heavy atom. The van der Waals surface area contributed by atoms with Crippen LogP contribution in [-0.4, -0.2) is 18.6 Å². The van der Waals surface area contributed by atoms with Crippen LogP contribution in [0.5, 0.6) is 5.75 Å². The SMILES string of the molecule is COc1ccc(C(=O)/C(C#N)=N\Nc2c(Cl)cccc2Cl)cc1. The molecule has 0 aliphatic heterocycles. The predicted octanol–water partition coefficient (Wildman–Crippen LogP) is 4.18. The predicted molar refractivity (Wildman–Crippen MR) is 90.5 cm³/mol. The molecule has 0 fully saturated rings. The molecule has 0 atom stereocenters. The standard InChI is InChI=1S/C16H11Cl2N3O2/c1-23-11-7-5-10(6-8-11)16(22)14(9-19)20-21-15-12(17)3-2-4-13(15)18/h2-8,21H,1H3/b20-14-. The lowest BCUT2D eigenvalue weighted by molar-refractivity contribution is 0.106. The molecule has 116 valence electrons. The largest absolute Gasteiger partial charge is 0.497 e.